The van der Waals surface area contributed by atoms with Crippen LogP contribution in [0, 0.1) is 11.8 Å². The van der Waals surface area contributed by atoms with E-state index in [1.807, 2.05) is 20.8 Å². The van der Waals surface area contributed by atoms with E-state index in [4.69, 9.17) is 9.47 Å². The van der Waals surface area contributed by atoms with Crippen LogP contribution < -0.4 is 0 Å². The Morgan fingerprint density at radius 2 is 1.61 bits per heavy atom. The number of carbonyl (C=O) groups is 1. The van der Waals surface area contributed by atoms with Gasteiger partial charge in [-0.15, -0.1) is 11.8 Å². The predicted molar refractivity (Wildman–Crippen MR) is 79.5 cm³/mol. The molecule has 0 amide bonds. The lowest BCUT2D eigenvalue weighted by atomic mass is 10.1. The minimum absolute atomic E-state index is 0.258. The molecule has 0 spiro atoms. The third-order valence-electron chi connectivity index (χ3n) is 2.24. The van der Waals surface area contributed by atoms with E-state index in [1.54, 1.807) is 18.9 Å². The Morgan fingerprint density at radius 1 is 1.11 bits per heavy atom. The summed E-state index contributed by atoms with van der Waals surface area (Å²) in [5.74, 6) is 1.45. The molecular formula is C14H28O3S. The van der Waals surface area contributed by atoms with Gasteiger partial charge in [-0.25, -0.2) is 0 Å². The molecule has 0 heterocycles. The molecule has 0 aliphatic heterocycles. The van der Waals surface area contributed by atoms with Gasteiger partial charge >= 0.3 is 5.97 Å². The number of thioether (sulfide) groups is 1. The fourth-order valence-electron chi connectivity index (χ4n) is 1.45. The summed E-state index contributed by atoms with van der Waals surface area (Å²) in [6, 6.07) is 0. The van der Waals surface area contributed by atoms with E-state index in [0.29, 0.717) is 5.92 Å². The Kier molecular flexibility index (Phi) is 12.5. The van der Waals surface area contributed by atoms with Crippen molar-refractivity contribution in [2.45, 2.75) is 41.5 Å². The van der Waals surface area contributed by atoms with Crippen LogP contribution in [0.2, 0.25) is 0 Å². The van der Waals surface area contributed by atoms with E-state index >= 15 is 0 Å². The zero-order valence-electron chi connectivity index (χ0n) is 13.0. The molecule has 0 fully saturated rings. The van der Waals surface area contributed by atoms with Crippen LogP contribution in [0.5, 0.6) is 0 Å². The van der Waals surface area contributed by atoms with Crippen LogP contribution in [0.1, 0.15) is 41.5 Å². The van der Waals surface area contributed by atoms with Crippen molar-refractivity contribution < 1.29 is 14.3 Å². The van der Waals surface area contributed by atoms with Crippen LogP contribution in [0.4, 0.5) is 0 Å². The predicted octanol–water partition coefficient (Wildman–Crippen LogP) is 4.09. The molecule has 0 saturated carbocycles. The minimum Gasteiger partial charge on any atom is -0.499 e. The zero-order valence-corrected chi connectivity index (χ0v) is 13.8. The smallest absolute Gasteiger partial charge is 0.316 e. The molecule has 1 unspecified atom stereocenters. The van der Waals surface area contributed by atoms with Crippen molar-refractivity contribution >= 4 is 17.7 Å². The van der Waals surface area contributed by atoms with Crippen LogP contribution in [-0.4, -0.2) is 25.9 Å². The van der Waals surface area contributed by atoms with Crippen molar-refractivity contribution in [3.8, 4) is 0 Å². The summed E-state index contributed by atoms with van der Waals surface area (Å²) >= 11 is 1.72. The number of allylic oxidation sites excluding steroid dienone is 1. The molecule has 0 bridgehead atoms. The van der Waals surface area contributed by atoms with Gasteiger partial charge in [-0.3, -0.25) is 4.79 Å². The van der Waals surface area contributed by atoms with Crippen LogP contribution in [0.15, 0.2) is 10.7 Å². The Balaban J connectivity index is 0. The van der Waals surface area contributed by atoms with Crippen LogP contribution in [-0.2, 0) is 14.3 Å². The van der Waals surface area contributed by atoms with Crippen molar-refractivity contribution in [3.05, 3.63) is 10.7 Å². The lowest BCUT2D eigenvalue weighted by Gasteiger charge is -2.20. The average molecular weight is 276 g/mol. The van der Waals surface area contributed by atoms with Crippen molar-refractivity contribution in [1.82, 2.24) is 0 Å². The zero-order chi connectivity index (χ0) is 14.7. The normalized spacial score (nSPS) is 13.2. The van der Waals surface area contributed by atoms with Gasteiger partial charge in [0.15, 0.2) is 0 Å². The molecule has 3 nitrogen and oxygen atoms in total. The summed E-state index contributed by atoms with van der Waals surface area (Å²) in [6.45, 7) is 12.1. The molecule has 0 N–H and O–H groups in total. The second-order valence-corrected chi connectivity index (χ2v) is 5.07. The average Bonchev–Trinajstić information content (AvgIpc) is 2.39. The molecule has 18 heavy (non-hydrogen) atoms. The number of carbonyl (C=O) groups excluding carboxylic acids is 1. The maximum absolute atomic E-state index is 11.5. The molecule has 0 aromatic heterocycles. The number of rotatable bonds is 6. The highest BCUT2D eigenvalue weighted by Gasteiger charge is 2.24. The number of ether oxygens (including phenoxy) is 2. The number of esters is 1. The van der Waals surface area contributed by atoms with Gasteiger partial charge in [-0.2, -0.15) is 0 Å². The number of hydrogen-bond donors (Lipinski definition) is 0. The second-order valence-electron chi connectivity index (χ2n) is 3.77. The number of methoxy groups -OCH3 is 2. The van der Waals surface area contributed by atoms with Gasteiger partial charge in [-0.1, -0.05) is 34.6 Å². The van der Waals surface area contributed by atoms with Crippen LogP contribution >= 0.6 is 11.8 Å². The van der Waals surface area contributed by atoms with E-state index in [2.05, 4.69) is 20.8 Å². The van der Waals surface area contributed by atoms with Gasteiger partial charge < -0.3 is 9.47 Å². The topological polar surface area (TPSA) is 35.5 Å². The second kappa shape index (κ2) is 11.5. The first-order chi connectivity index (χ1) is 8.49. The molecule has 4 heteroatoms. The van der Waals surface area contributed by atoms with Crippen molar-refractivity contribution in [2.75, 3.05) is 20.0 Å². The Bertz CT molecular complexity index is 260. The largest absolute Gasteiger partial charge is 0.499 e. The molecule has 0 radical (unpaired) electrons. The molecule has 108 valence electrons. The Hall–Kier alpha value is -0.640. The summed E-state index contributed by atoms with van der Waals surface area (Å²) in [5, 5.41) is 0. The molecule has 1 atom stereocenters. The van der Waals surface area contributed by atoms with E-state index in [0.717, 1.165) is 16.4 Å². The third kappa shape index (κ3) is 6.34. The highest BCUT2D eigenvalue weighted by Crippen LogP contribution is 2.31. The molecule has 0 rings (SSSR count). The lowest BCUT2D eigenvalue weighted by Crippen LogP contribution is -2.18. The lowest BCUT2D eigenvalue weighted by molar-refractivity contribution is -0.144. The first kappa shape index (κ1) is 19.7. The Morgan fingerprint density at radius 3 is 1.89 bits per heavy atom. The van der Waals surface area contributed by atoms with Gasteiger partial charge in [0.1, 0.15) is 11.7 Å². The number of hydrogen-bond acceptors (Lipinski definition) is 4. The SMILES string of the molecule is CC.CCS/C(=C(/OC)C(C)C(=O)OC)C(C)C. The molecule has 0 aromatic carbocycles. The van der Waals surface area contributed by atoms with Gasteiger partial charge in [0.25, 0.3) is 0 Å². The summed E-state index contributed by atoms with van der Waals surface area (Å²) in [7, 11) is 3.00. The standard InChI is InChI=1S/C12H22O3S.C2H6/c1-7-16-11(8(2)3)10(14-5)9(4)12(13)15-6;1-2/h8-9H,7H2,1-6H3;1-2H3/b11-10+;. The van der Waals surface area contributed by atoms with Gasteiger partial charge in [0.05, 0.1) is 14.2 Å². The van der Waals surface area contributed by atoms with Crippen molar-refractivity contribution in [1.29, 1.82) is 0 Å². The maximum Gasteiger partial charge on any atom is 0.316 e. The summed E-state index contributed by atoms with van der Waals surface area (Å²) in [4.78, 5) is 12.6. The van der Waals surface area contributed by atoms with Crippen LogP contribution in [0.3, 0.4) is 0 Å². The quantitative estimate of drug-likeness (QED) is 0.541. The molecule has 0 aromatic rings. The monoisotopic (exact) mass is 276 g/mol. The first-order valence-corrected chi connectivity index (χ1v) is 7.46. The maximum atomic E-state index is 11.5. The van der Waals surface area contributed by atoms with E-state index in [1.165, 1.54) is 7.11 Å². The fourth-order valence-corrected chi connectivity index (χ4v) is 2.50. The van der Waals surface area contributed by atoms with E-state index in [-0.39, 0.29) is 11.9 Å². The van der Waals surface area contributed by atoms with E-state index in [9.17, 15) is 4.79 Å². The molecule has 0 aliphatic rings. The highest BCUT2D eigenvalue weighted by molar-refractivity contribution is 8.03. The highest BCUT2D eigenvalue weighted by atomic mass is 32.2. The third-order valence-corrected chi connectivity index (χ3v) is 3.51. The first-order valence-electron chi connectivity index (χ1n) is 6.48. The summed E-state index contributed by atoms with van der Waals surface area (Å²) in [6.07, 6.45) is 0. The van der Waals surface area contributed by atoms with Crippen molar-refractivity contribution in [3.63, 3.8) is 0 Å². The fraction of sp³-hybridized carbons (Fsp3) is 0.786. The molecular weight excluding hydrogens is 248 g/mol. The summed E-state index contributed by atoms with van der Waals surface area (Å²) < 4.78 is 10.1. The van der Waals surface area contributed by atoms with Gasteiger partial charge in [-0.05, 0) is 18.6 Å². The Labute approximate surface area is 116 Å². The van der Waals surface area contributed by atoms with Crippen LogP contribution in [0.25, 0.3) is 0 Å². The van der Waals surface area contributed by atoms with Gasteiger partial charge in [0, 0.05) is 4.91 Å². The van der Waals surface area contributed by atoms with Crippen molar-refractivity contribution in [2.24, 2.45) is 11.8 Å². The minimum atomic E-state index is -0.341. The molecule has 0 saturated heterocycles. The molecule has 0 aliphatic carbocycles. The van der Waals surface area contributed by atoms with Gasteiger partial charge in [0.2, 0.25) is 0 Å². The van der Waals surface area contributed by atoms with E-state index < -0.39 is 0 Å². The summed E-state index contributed by atoms with van der Waals surface area (Å²) in [5.41, 5.74) is 0.